The number of nitrogens with zero attached hydrogens (tertiary/aromatic N) is 3. The van der Waals surface area contributed by atoms with Gasteiger partial charge in [0.2, 0.25) is 0 Å². The van der Waals surface area contributed by atoms with Crippen molar-refractivity contribution in [3.8, 4) is 0 Å². The summed E-state index contributed by atoms with van der Waals surface area (Å²) in [4.78, 5) is 22.9. The molecule has 4 rings (SSSR count). The molecule has 0 bridgehead atoms. The van der Waals surface area contributed by atoms with E-state index in [-0.39, 0.29) is 11.5 Å². The van der Waals surface area contributed by atoms with Gasteiger partial charge in [-0.05, 0) is 38.3 Å². The SMILES string of the molecule is Cc1cnccc1N1CCC2(CC1)C[C@](C)(O)[C@@H](NC(=O)c1cscn1)CO2. The van der Waals surface area contributed by atoms with Crippen LogP contribution in [0, 0.1) is 6.92 Å². The molecule has 8 heteroatoms. The molecule has 2 saturated heterocycles. The minimum Gasteiger partial charge on any atom is -0.388 e. The summed E-state index contributed by atoms with van der Waals surface area (Å²) in [6.07, 6.45) is 5.90. The molecule has 2 N–H and O–H groups in total. The second-order valence-corrected chi connectivity index (χ2v) is 8.80. The van der Waals surface area contributed by atoms with Gasteiger partial charge in [-0.15, -0.1) is 11.3 Å². The molecule has 2 atom stereocenters. The smallest absolute Gasteiger partial charge is 0.271 e. The number of aliphatic hydroxyl groups is 1. The predicted octanol–water partition coefficient (Wildman–Crippen LogP) is 2.16. The predicted molar refractivity (Wildman–Crippen MR) is 108 cm³/mol. The molecule has 0 unspecified atom stereocenters. The molecule has 2 fully saturated rings. The first-order valence-corrected chi connectivity index (χ1v) is 10.5. The number of thiazole rings is 1. The van der Waals surface area contributed by atoms with Crippen molar-refractivity contribution in [2.75, 3.05) is 24.6 Å². The second-order valence-electron chi connectivity index (χ2n) is 8.08. The average Bonchev–Trinajstić information content (AvgIpc) is 3.20. The summed E-state index contributed by atoms with van der Waals surface area (Å²) < 4.78 is 6.26. The highest BCUT2D eigenvalue weighted by atomic mass is 32.1. The largest absolute Gasteiger partial charge is 0.388 e. The van der Waals surface area contributed by atoms with Crippen molar-refractivity contribution in [1.82, 2.24) is 15.3 Å². The Morgan fingerprint density at radius 1 is 1.43 bits per heavy atom. The van der Waals surface area contributed by atoms with Crippen LogP contribution >= 0.6 is 11.3 Å². The van der Waals surface area contributed by atoms with E-state index in [0.29, 0.717) is 18.7 Å². The Kier molecular flexibility index (Phi) is 5.11. The van der Waals surface area contributed by atoms with Gasteiger partial charge in [-0.2, -0.15) is 0 Å². The number of carbonyl (C=O) groups excluding carboxylic acids is 1. The lowest BCUT2D eigenvalue weighted by atomic mass is 9.75. The fourth-order valence-electron chi connectivity index (χ4n) is 4.32. The Balaban J connectivity index is 1.39. The summed E-state index contributed by atoms with van der Waals surface area (Å²) in [7, 11) is 0. The van der Waals surface area contributed by atoms with Crippen molar-refractivity contribution in [3.05, 3.63) is 40.6 Å². The van der Waals surface area contributed by atoms with Gasteiger partial charge < -0.3 is 20.1 Å². The number of aryl methyl sites for hydroxylation is 1. The molecule has 28 heavy (non-hydrogen) atoms. The third kappa shape index (κ3) is 3.76. The van der Waals surface area contributed by atoms with Crippen molar-refractivity contribution >= 4 is 22.9 Å². The van der Waals surface area contributed by atoms with Gasteiger partial charge in [0.05, 0.1) is 29.4 Å². The van der Waals surface area contributed by atoms with Gasteiger partial charge in [0.25, 0.3) is 5.91 Å². The fourth-order valence-corrected chi connectivity index (χ4v) is 4.85. The highest BCUT2D eigenvalue weighted by Crippen LogP contribution is 2.40. The van der Waals surface area contributed by atoms with Crippen LogP contribution in [0.4, 0.5) is 5.69 Å². The maximum Gasteiger partial charge on any atom is 0.271 e. The number of piperidine rings is 1. The van der Waals surface area contributed by atoms with E-state index in [4.69, 9.17) is 4.74 Å². The lowest BCUT2D eigenvalue weighted by molar-refractivity contribution is -0.176. The Hall–Kier alpha value is -2.03. The van der Waals surface area contributed by atoms with Crippen molar-refractivity contribution in [1.29, 1.82) is 0 Å². The Bertz CT molecular complexity index is 832. The molecule has 7 nitrogen and oxygen atoms in total. The van der Waals surface area contributed by atoms with Crippen molar-refractivity contribution < 1.29 is 14.6 Å². The van der Waals surface area contributed by atoms with Crippen LogP contribution in [-0.4, -0.2) is 57.9 Å². The molecule has 0 aromatic carbocycles. The molecule has 2 aliphatic rings. The zero-order valence-corrected chi connectivity index (χ0v) is 17.0. The molecule has 2 aromatic rings. The van der Waals surface area contributed by atoms with E-state index >= 15 is 0 Å². The first kappa shape index (κ1) is 19.3. The normalized spacial score (nSPS) is 27.0. The standard InChI is InChI=1S/C20H26N4O3S/c1-14-9-21-6-3-16(14)24-7-4-20(5-8-24)12-19(2,26)17(10-27-20)23-18(25)15-11-28-13-22-15/h3,6,9,11,13,17,26H,4-5,7-8,10,12H2,1-2H3,(H,23,25)/t17-,19-/m0/s1. The highest BCUT2D eigenvalue weighted by Gasteiger charge is 2.49. The second kappa shape index (κ2) is 7.42. The number of anilines is 1. The third-order valence-corrected chi connectivity index (χ3v) is 6.55. The monoisotopic (exact) mass is 402 g/mol. The van der Waals surface area contributed by atoms with Crippen LogP contribution in [0.5, 0.6) is 0 Å². The molecule has 0 aliphatic carbocycles. The number of hydrogen-bond donors (Lipinski definition) is 2. The summed E-state index contributed by atoms with van der Waals surface area (Å²) in [5, 5.41) is 15.7. The summed E-state index contributed by atoms with van der Waals surface area (Å²) in [5.74, 6) is -0.269. The van der Waals surface area contributed by atoms with Crippen LogP contribution in [0.3, 0.4) is 0 Å². The number of rotatable bonds is 3. The van der Waals surface area contributed by atoms with E-state index in [9.17, 15) is 9.90 Å². The van der Waals surface area contributed by atoms with Gasteiger partial charge >= 0.3 is 0 Å². The van der Waals surface area contributed by atoms with E-state index < -0.39 is 11.6 Å². The quantitative estimate of drug-likeness (QED) is 0.818. The van der Waals surface area contributed by atoms with Crippen LogP contribution in [0.15, 0.2) is 29.4 Å². The van der Waals surface area contributed by atoms with Crippen molar-refractivity contribution in [2.24, 2.45) is 0 Å². The minimum absolute atomic E-state index is 0.269. The summed E-state index contributed by atoms with van der Waals surface area (Å²) in [6.45, 7) is 5.91. The summed E-state index contributed by atoms with van der Waals surface area (Å²) in [6, 6.07) is 1.60. The molecule has 150 valence electrons. The molecular weight excluding hydrogens is 376 g/mol. The number of carbonyl (C=O) groups is 1. The summed E-state index contributed by atoms with van der Waals surface area (Å²) >= 11 is 1.37. The molecule has 1 spiro atoms. The van der Waals surface area contributed by atoms with Gasteiger partial charge in [0, 0.05) is 43.0 Å². The lowest BCUT2D eigenvalue weighted by Gasteiger charge is -2.51. The van der Waals surface area contributed by atoms with Crippen LogP contribution in [0.25, 0.3) is 0 Å². The van der Waals surface area contributed by atoms with Crippen LogP contribution in [-0.2, 0) is 4.74 Å². The molecule has 2 aliphatic heterocycles. The first-order chi connectivity index (χ1) is 13.4. The molecule has 1 amide bonds. The number of nitrogens with one attached hydrogen (secondary N) is 1. The van der Waals surface area contributed by atoms with E-state index in [1.54, 1.807) is 17.8 Å². The zero-order valence-electron chi connectivity index (χ0n) is 16.2. The maximum absolute atomic E-state index is 12.3. The first-order valence-electron chi connectivity index (χ1n) is 9.60. The molecule has 2 aromatic heterocycles. The van der Waals surface area contributed by atoms with E-state index in [2.05, 4.69) is 33.2 Å². The van der Waals surface area contributed by atoms with Gasteiger partial charge in [-0.25, -0.2) is 4.98 Å². The third-order valence-electron chi connectivity index (χ3n) is 5.96. The average molecular weight is 403 g/mol. The highest BCUT2D eigenvalue weighted by molar-refractivity contribution is 7.07. The van der Waals surface area contributed by atoms with E-state index in [1.165, 1.54) is 22.6 Å². The van der Waals surface area contributed by atoms with E-state index in [0.717, 1.165) is 25.9 Å². The Morgan fingerprint density at radius 2 is 2.21 bits per heavy atom. The van der Waals surface area contributed by atoms with Crippen LogP contribution < -0.4 is 10.2 Å². The number of ether oxygens (including phenoxy) is 1. The topological polar surface area (TPSA) is 87.6 Å². The van der Waals surface area contributed by atoms with Crippen molar-refractivity contribution in [2.45, 2.75) is 50.4 Å². The lowest BCUT2D eigenvalue weighted by Crippen LogP contribution is -2.64. The number of amides is 1. The van der Waals surface area contributed by atoms with Gasteiger partial charge in [-0.3, -0.25) is 9.78 Å². The fraction of sp³-hybridized carbons (Fsp3) is 0.550. The van der Waals surface area contributed by atoms with Crippen molar-refractivity contribution in [3.63, 3.8) is 0 Å². The van der Waals surface area contributed by atoms with Gasteiger partial charge in [0.1, 0.15) is 5.69 Å². The number of aromatic nitrogens is 2. The zero-order chi connectivity index (χ0) is 19.8. The molecule has 0 radical (unpaired) electrons. The molecule has 4 heterocycles. The number of hydrogen-bond acceptors (Lipinski definition) is 7. The minimum atomic E-state index is -1.03. The Labute approximate surface area is 168 Å². The molecule has 0 saturated carbocycles. The van der Waals surface area contributed by atoms with Crippen LogP contribution in [0.1, 0.15) is 42.2 Å². The molecular formula is C20H26N4O3S. The van der Waals surface area contributed by atoms with Gasteiger partial charge in [0.15, 0.2) is 0 Å². The summed E-state index contributed by atoms with van der Waals surface area (Å²) in [5.41, 5.74) is 3.00. The Morgan fingerprint density at radius 3 is 2.86 bits per heavy atom. The van der Waals surface area contributed by atoms with Gasteiger partial charge in [-0.1, -0.05) is 0 Å². The van der Waals surface area contributed by atoms with E-state index in [1.807, 2.05) is 12.4 Å². The maximum atomic E-state index is 12.3. The number of pyridine rings is 1. The van der Waals surface area contributed by atoms with Crippen LogP contribution in [0.2, 0.25) is 0 Å².